The van der Waals surface area contributed by atoms with Crippen molar-refractivity contribution >= 4 is 28.9 Å². The number of likely N-dealkylation sites (tertiary alicyclic amines) is 1. The second-order valence-corrected chi connectivity index (χ2v) is 9.46. The summed E-state index contributed by atoms with van der Waals surface area (Å²) in [4.78, 5) is 24.8. The molecule has 2 amide bonds. The molecule has 1 aliphatic rings. The van der Waals surface area contributed by atoms with Gasteiger partial charge in [0.05, 0.1) is 11.1 Å². The maximum atomic E-state index is 12.5. The highest BCUT2D eigenvalue weighted by Gasteiger charge is 2.35. The summed E-state index contributed by atoms with van der Waals surface area (Å²) < 4.78 is 110. The van der Waals surface area contributed by atoms with Crippen LogP contribution in [0.1, 0.15) is 48.6 Å². The van der Waals surface area contributed by atoms with Crippen LogP contribution < -0.4 is 11.5 Å². The molecule has 0 spiro atoms. The predicted octanol–water partition coefficient (Wildman–Crippen LogP) is 6.64. The zero-order valence-corrected chi connectivity index (χ0v) is 23.5. The second-order valence-electron chi connectivity index (χ2n) is 9.46. The number of carbonyl (C=O) groups is 2. The van der Waals surface area contributed by atoms with Crippen LogP contribution >= 0.6 is 0 Å². The molecule has 0 unspecified atom stereocenters. The SMILES string of the molecule is CC(=O)N1CCCCC1.Cc1ccc2nc(C(F)(F)F)cc(N)c2c1.Cc1cn(CC(F)(F)F)cc1C(F)(F)F.NC=O. The Morgan fingerprint density at radius 1 is 0.930 bits per heavy atom. The molecule has 0 atom stereocenters. The third-order valence-electron chi connectivity index (χ3n) is 5.83. The van der Waals surface area contributed by atoms with E-state index in [4.69, 9.17) is 10.5 Å². The minimum Gasteiger partial charge on any atom is -0.398 e. The zero-order valence-electron chi connectivity index (χ0n) is 23.5. The number of amides is 2. The van der Waals surface area contributed by atoms with Gasteiger partial charge in [-0.2, -0.15) is 39.5 Å². The minimum atomic E-state index is -4.61. The molecule has 0 bridgehead atoms. The van der Waals surface area contributed by atoms with E-state index >= 15 is 0 Å². The quantitative estimate of drug-likeness (QED) is 0.232. The highest BCUT2D eigenvalue weighted by Crippen LogP contribution is 2.33. The van der Waals surface area contributed by atoms with E-state index in [1.165, 1.54) is 25.3 Å². The van der Waals surface area contributed by atoms with Crippen molar-refractivity contribution in [1.82, 2.24) is 14.5 Å². The maximum absolute atomic E-state index is 12.5. The van der Waals surface area contributed by atoms with Crippen molar-refractivity contribution in [3.8, 4) is 0 Å². The highest BCUT2D eigenvalue weighted by molar-refractivity contribution is 5.90. The first kappa shape index (κ1) is 37.0. The number of hydrogen-bond acceptors (Lipinski definition) is 4. The van der Waals surface area contributed by atoms with Gasteiger partial charge in [0.25, 0.3) is 0 Å². The van der Waals surface area contributed by atoms with E-state index in [2.05, 4.69) is 10.7 Å². The fourth-order valence-electron chi connectivity index (χ4n) is 3.94. The third-order valence-corrected chi connectivity index (χ3v) is 5.83. The van der Waals surface area contributed by atoms with E-state index in [9.17, 15) is 44.3 Å². The van der Waals surface area contributed by atoms with E-state index in [-0.39, 0.29) is 29.1 Å². The standard InChI is InChI=1S/C11H9F3N2.C8H7F6N.C7H13NO.CH3NO/c1-6-2-3-9-7(4-6)8(15)5-10(16-9)11(12,13)14;1-5-2-15(4-7(9,10)11)3-6(5)8(12,13)14;1-7(9)8-5-3-2-4-6-8;2-1-3/h2-5H,1H3,(H2,15,16);2-3H,4H2,1H3;2-6H2,1H3;1H,(H2,2,3). The van der Waals surface area contributed by atoms with Gasteiger partial charge in [0.2, 0.25) is 12.3 Å². The Bertz CT molecular complexity index is 1340. The third kappa shape index (κ3) is 12.8. The average molecular weight is 630 g/mol. The van der Waals surface area contributed by atoms with Gasteiger partial charge in [0.15, 0.2) is 0 Å². The number of nitrogens with two attached hydrogens (primary N) is 2. The van der Waals surface area contributed by atoms with Gasteiger partial charge in [0.1, 0.15) is 12.2 Å². The second kappa shape index (κ2) is 15.5. The summed E-state index contributed by atoms with van der Waals surface area (Å²) in [5.74, 6) is 0.231. The van der Waals surface area contributed by atoms with Gasteiger partial charge < -0.3 is 20.9 Å². The van der Waals surface area contributed by atoms with E-state index in [0.717, 1.165) is 37.8 Å². The number of primary amides is 1. The van der Waals surface area contributed by atoms with E-state index < -0.39 is 36.3 Å². The number of nitrogen functional groups attached to an aromatic ring is 1. The molecule has 3 aromatic rings. The minimum absolute atomic E-state index is 0.0982. The smallest absolute Gasteiger partial charge is 0.398 e. The number of carbonyl (C=O) groups excluding carboxylic acids is 2. The van der Waals surface area contributed by atoms with Gasteiger partial charge in [0, 0.05) is 43.5 Å². The summed E-state index contributed by atoms with van der Waals surface area (Å²) in [5, 5.41) is 0.549. The lowest BCUT2D eigenvalue weighted by atomic mass is 10.1. The molecule has 1 aliphatic heterocycles. The maximum Gasteiger partial charge on any atom is 0.433 e. The number of benzene rings is 1. The number of fused-ring (bicyclic) bond motifs is 1. The number of anilines is 1. The first-order valence-corrected chi connectivity index (χ1v) is 12.6. The van der Waals surface area contributed by atoms with Gasteiger partial charge in [-0.1, -0.05) is 11.6 Å². The van der Waals surface area contributed by atoms with Crippen LogP contribution in [0.3, 0.4) is 0 Å². The molecule has 240 valence electrons. The van der Waals surface area contributed by atoms with Crippen LogP contribution in [-0.4, -0.2) is 46.0 Å². The van der Waals surface area contributed by atoms with Crippen molar-refractivity contribution in [2.45, 2.75) is 65.1 Å². The number of rotatable bonds is 1. The Hall–Kier alpha value is -3.98. The molecule has 4 N–H and O–H groups in total. The lowest BCUT2D eigenvalue weighted by Crippen LogP contribution is -2.33. The number of aryl methyl sites for hydroxylation is 2. The van der Waals surface area contributed by atoms with Crippen molar-refractivity contribution in [2.75, 3.05) is 18.8 Å². The monoisotopic (exact) mass is 629 g/mol. The lowest BCUT2D eigenvalue weighted by Gasteiger charge is -2.24. The van der Waals surface area contributed by atoms with E-state index in [1.54, 1.807) is 19.1 Å². The first-order chi connectivity index (χ1) is 19.7. The number of halogens is 9. The summed E-state index contributed by atoms with van der Waals surface area (Å²) in [7, 11) is 0. The Morgan fingerprint density at radius 3 is 1.91 bits per heavy atom. The van der Waals surface area contributed by atoms with Gasteiger partial charge >= 0.3 is 18.5 Å². The van der Waals surface area contributed by atoms with E-state index in [0.29, 0.717) is 16.2 Å². The summed E-state index contributed by atoms with van der Waals surface area (Å²) in [6, 6.07) is 5.82. The molecule has 43 heavy (non-hydrogen) atoms. The summed E-state index contributed by atoms with van der Waals surface area (Å²) in [6.45, 7) is 5.16. The number of aromatic nitrogens is 2. The molecule has 0 saturated carbocycles. The van der Waals surface area contributed by atoms with Gasteiger partial charge in [-0.15, -0.1) is 0 Å². The Balaban J connectivity index is 0.000000318. The van der Waals surface area contributed by atoms with Crippen LogP contribution in [0.25, 0.3) is 10.9 Å². The molecular formula is C27H32F9N5O2. The van der Waals surface area contributed by atoms with Crippen LogP contribution in [0.5, 0.6) is 0 Å². The topological polar surface area (TPSA) is 107 Å². The van der Waals surface area contributed by atoms with Crippen LogP contribution in [0.4, 0.5) is 45.2 Å². The Kier molecular flexibility index (Phi) is 13.3. The van der Waals surface area contributed by atoms with Crippen molar-refractivity contribution in [3.63, 3.8) is 0 Å². The molecule has 0 radical (unpaired) electrons. The van der Waals surface area contributed by atoms with Crippen molar-refractivity contribution in [2.24, 2.45) is 5.73 Å². The molecular weight excluding hydrogens is 597 g/mol. The number of nitrogens with zero attached hydrogens (tertiary/aromatic N) is 3. The number of hydrogen-bond donors (Lipinski definition) is 2. The van der Waals surface area contributed by atoms with Crippen LogP contribution in [0.2, 0.25) is 0 Å². The fourth-order valence-corrected chi connectivity index (χ4v) is 3.94. The van der Waals surface area contributed by atoms with Crippen molar-refractivity contribution < 1.29 is 49.1 Å². The van der Waals surface area contributed by atoms with Crippen molar-refractivity contribution in [1.29, 1.82) is 0 Å². The van der Waals surface area contributed by atoms with Gasteiger partial charge in [-0.05, 0) is 56.9 Å². The number of piperidine rings is 1. The summed E-state index contributed by atoms with van der Waals surface area (Å²) >= 11 is 0. The molecule has 0 aliphatic carbocycles. The Morgan fingerprint density at radius 2 is 1.49 bits per heavy atom. The molecule has 1 aromatic carbocycles. The molecule has 2 aromatic heterocycles. The normalized spacial score (nSPS) is 13.5. The summed E-state index contributed by atoms with van der Waals surface area (Å²) in [6.07, 6.45) is -8.37. The highest BCUT2D eigenvalue weighted by atomic mass is 19.4. The first-order valence-electron chi connectivity index (χ1n) is 12.6. The molecule has 7 nitrogen and oxygen atoms in total. The molecule has 3 heterocycles. The fraction of sp³-hybridized carbons (Fsp3) is 0.444. The zero-order chi connectivity index (χ0) is 33.2. The molecule has 1 saturated heterocycles. The van der Waals surface area contributed by atoms with Gasteiger partial charge in [-0.3, -0.25) is 9.59 Å². The van der Waals surface area contributed by atoms with Crippen molar-refractivity contribution in [3.05, 3.63) is 59.0 Å². The van der Waals surface area contributed by atoms with Crippen LogP contribution in [-0.2, 0) is 28.5 Å². The van der Waals surface area contributed by atoms with Crippen LogP contribution in [0.15, 0.2) is 36.7 Å². The lowest BCUT2D eigenvalue weighted by molar-refractivity contribution is -0.143. The number of alkyl halides is 9. The van der Waals surface area contributed by atoms with Crippen LogP contribution in [0, 0.1) is 13.8 Å². The summed E-state index contributed by atoms with van der Waals surface area (Å²) in [5.41, 5.74) is 8.83. The number of pyridine rings is 1. The predicted molar refractivity (Wildman–Crippen MR) is 142 cm³/mol. The molecule has 1 fully saturated rings. The average Bonchev–Trinajstić information content (AvgIpc) is 3.24. The Labute approximate surface area is 241 Å². The molecule has 16 heteroatoms. The van der Waals surface area contributed by atoms with Gasteiger partial charge in [-0.25, -0.2) is 4.98 Å². The molecule has 4 rings (SSSR count). The van der Waals surface area contributed by atoms with E-state index in [1.807, 2.05) is 11.8 Å². The largest absolute Gasteiger partial charge is 0.433 e.